The third-order valence-corrected chi connectivity index (χ3v) is 6.50. The van der Waals surface area contributed by atoms with Crippen molar-refractivity contribution in [2.75, 3.05) is 26.3 Å². The van der Waals surface area contributed by atoms with Crippen LogP contribution in [-0.2, 0) is 6.54 Å². The number of phenolic OH excluding ortho intramolecular Hbond substituents is 2. The predicted molar refractivity (Wildman–Crippen MR) is 125 cm³/mol. The SMILES string of the molecule is CC1=C(c2cccc(O)c2)[C@H](c2cnn(CCCN3CC(CF)C3)c2)Oc2ccc(O)cc21. The summed E-state index contributed by atoms with van der Waals surface area (Å²) < 4.78 is 20.9. The largest absolute Gasteiger partial charge is 0.508 e. The van der Waals surface area contributed by atoms with Crippen LogP contribution in [-0.4, -0.2) is 51.2 Å². The highest BCUT2D eigenvalue weighted by atomic mass is 19.1. The smallest absolute Gasteiger partial charge is 0.153 e. The highest BCUT2D eigenvalue weighted by molar-refractivity contribution is 5.95. The number of hydrogen-bond acceptors (Lipinski definition) is 5. The van der Waals surface area contributed by atoms with Gasteiger partial charge in [0.25, 0.3) is 0 Å². The summed E-state index contributed by atoms with van der Waals surface area (Å²) in [6, 6.07) is 12.2. The second kappa shape index (κ2) is 8.90. The van der Waals surface area contributed by atoms with Crippen molar-refractivity contribution in [3.05, 3.63) is 71.5 Å². The van der Waals surface area contributed by atoms with Crippen LogP contribution in [0.25, 0.3) is 11.1 Å². The predicted octanol–water partition coefficient (Wildman–Crippen LogP) is 4.65. The molecule has 0 aliphatic carbocycles. The molecule has 1 fully saturated rings. The van der Waals surface area contributed by atoms with Crippen LogP contribution in [0.15, 0.2) is 54.9 Å². The van der Waals surface area contributed by atoms with Gasteiger partial charge in [-0.2, -0.15) is 5.10 Å². The molecule has 33 heavy (non-hydrogen) atoms. The van der Waals surface area contributed by atoms with E-state index in [1.165, 1.54) is 0 Å². The molecule has 2 N–H and O–H groups in total. The number of aromatic hydroxyl groups is 2. The van der Waals surface area contributed by atoms with E-state index in [0.717, 1.165) is 60.4 Å². The molecule has 2 aliphatic rings. The normalized spacial score (nSPS) is 18.7. The second-order valence-electron chi connectivity index (χ2n) is 8.94. The molecule has 0 saturated carbocycles. The molecule has 0 radical (unpaired) electrons. The number of aryl methyl sites for hydroxylation is 1. The van der Waals surface area contributed by atoms with E-state index in [4.69, 9.17) is 4.74 Å². The molecule has 7 heteroatoms. The Morgan fingerprint density at radius 1 is 1.09 bits per heavy atom. The summed E-state index contributed by atoms with van der Waals surface area (Å²) in [5.74, 6) is 1.27. The Labute approximate surface area is 192 Å². The average molecular weight is 450 g/mol. The van der Waals surface area contributed by atoms with Crippen LogP contribution in [0.2, 0.25) is 0 Å². The maximum atomic E-state index is 12.6. The van der Waals surface area contributed by atoms with Gasteiger partial charge in [0.15, 0.2) is 6.10 Å². The summed E-state index contributed by atoms with van der Waals surface area (Å²) in [6.45, 7) is 5.20. The lowest BCUT2D eigenvalue weighted by Crippen LogP contribution is -2.48. The fraction of sp³-hybridized carbons (Fsp3) is 0.346. The third-order valence-electron chi connectivity index (χ3n) is 6.50. The lowest BCUT2D eigenvalue weighted by Gasteiger charge is -2.37. The van der Waals surface area contributed by atoms with Crippen molar-refractivity contribution in [3.8, 4) is 17.2 Å². The molecular weight excluding hydrogens is 421 g/mol. The molecule has 2 aliphatic heterocycles. The number of alkyl halides is 1. The van der Waals surface area contributed by atoms with Crippen LogP contribution in [0.5, 0.6) is 17.2 Å². The van der Waals surface area contributed by atoms with Gasteiger partial charge in [-0.15, -0.1) is 0 Å². The van der Waals surface area contributed by atoms with E-state index in [0.29, 0.717) is 5.75 Å². The molecule has 0 amide bonds. The summed E-state index contributed by atoms with van der Waals surface area (Å²) in [7, 11) is 0. The topological polar surface area (TPSA) is 70.8 Å². The number of fused-ring (bicyclic) bond motifs is 1. The van der Waals surface area contributed by atoms with Crippen LogP contribution in [0.3, 0.4) is 0 Å². The molecule has 3 aromatic rings. The summed E-state index contributed by atoms with van der Waals surface area (Å²) in [4.78, 5) is 2.28. The zero-order valence-electron chi connectivity index (χ0n) is 18.6. The van der Waals surface area contributed by atoms with Crippen molar-refractivity contribution < 1.29 is 19.3 Å². The fourth-order valence-corrected chi connectivity index (χ4v) is 4.77. The van der Waals surface area contributed by atoms with E-state index in [1.54, 1.807) is 30.3 Å². The number of benzene rings is 2. The van der Waals surface area contributed by atoms with Crippen LogP contribution in [0.4, 0.5) is 4.39 Å². The van der Waals surface area contributed by atoms with Gasteiger partial charge in [-0.05, 0) is 61.4 Å². The van der Waals surface area contributed by atoms with E-state index >= 15 is 0 Å². The highest BCUT2D eigenvalue weighted by Gasteiger charge is 2.31. The van der Waals surface area contributed by atoms with Gasteiger partial charge in [-0.1, -0.05) is 12.1 Å². The molecule has 5 rings (SSSR count). The van der Waals surface area contributed by atoms with Gasteiger partial charge in [-0.3, -0.25) is 9.07 Å². The van der Waals surface area contributed by atoms with Crippen molar-refractivity contribution in [3.63, 3.8) is 0 Å². The van der Waals surface area contributed by atoms with Crippen LogP contribution in [0.1, 0.15) is 36.1 Å². The molecule has 0 bridgehead atoms. The van der Waals surface area contributed by atoms with E-state index < -0.39 is 6.10 Å². The summed E-state index contributed by atoms with van der Waals surface area (Å²) in [5.41, 5.74) is 4.53. The molecule has 6 nitrogen and oxygen atoms in total. The Bertz CT molecular complexity index is 1180. The lowest BCUT2D eigenvalue weighted by molar-refractivity contribution is 0.0785. The van der Waals surface area contributed by atoms with Crippen LogP contribution in [0, 0.1) is 5.92 Å². The Kier molecular flexibility index (Phi) is 5.81. The molecule has 172 valence electrons. The Morgan fingerprint density at radius 2 is 1.91 bits per heavy atom. The minimum absolute atomic E-state index is 0.179. The van der Waals surface area contributed by atoms with Crippen molar-refractivity contribution in [1.82, 2.24) is 14.7 Å². The number of hydrogen-bond donors (Lipinski definition) is 2. The number of ether oxygens (including phenoxy) is 1. The van der Waals surface area contributed by atoms with Crippen molar-refractivity contribution in [2.24, 2.45) is 5.92 Å². The second-order valence-corrected chi connectivity index (χ2v) is 8.94. The molecule has 0 spiro atoms. The van der Waals surface area contributed by atoms with Crippen molar-refractivity contribution in [2.45, 2.75) is 26.0 Å². The van der Waals surface area contributed by atoms with Crippen LogP contribution < -0.4 is 4.74 Å². The van der Waals surface area contributed by atoms with Gasteiger partial charge >= 0.3 is 0 Å². The zero-order chi connectivity index (χ0) is 22.9. The maximum absolute atomic E-state index is 12.6. The minimum atomic E-state index is -0.390. The van der Waals surface area contributed by atoms with Crippen molar-refractivity contribution >= 4 is 11.1 Å². The summed E-state index contributed by atoms with van der Waals surface area (Å²) >= 11 is 0. The number of rotatable bonds is 7. The molecule has 2 aromatic carbocycles. The average Bonchev–Trinajstić information content (AvgIpc) is 3.24. The van der Waals surface area contributed by atoms with Gasteiger partial charge in [0.2, 0.25) is 0 Å². The lowest BCUT2D eigenvalue weighted by atomic mass is 9.87. The summed E-state index contributed by atoms with van der Waals surface area (Å²) in [5, 5.41) is 24.6. The van der Waals surface area contributed by atoms with E-state index in [-0.39, 0.29) is 24.1 Å². The standard InChI is InChI=1S/C26H28FN3O3/c1-17-23-11-22(32)6-7-24(23)33-26(25(17)19-4-2-5-21(31)10-19)20-13-28-30(16-20)9-3-8-29-14-18(12-27)15-29/h2,4-7,10-11,13,16,18,26,31-32H,3,8-9,12,14-15H2,1H3/t26-/m0/s1. The summed E-state index contributed by atoms with van der Waals surface area (Å²) in [6.07, 6.45) is 4.39. The van der Waals surface area contributed by atoms with Crippen molar-refractivity contribution in [1.29, 1.82) is 0 Å². The monoisotopic (exact) mass is 449 g/mol. The quantitative estimate of drug-likeness (QED) is 0.550. The minimum Gasteiger partial charge on any atom is -0.508 e. The Morgan fingerprint density at radius 3 is 2.70 bits per heavy atom. The first-order valence-corrected chi connectivity index (χ1v) is 11.3. The van der Waals surface area contributed by atoms with E-state index in [2.05, 4.69) is 10.00 Å². The highest BCUT2D eigenvalue weighted by Crippen LogP contribution is 2.47. The zero-order valence-corrected chi connectivity index (χ0v) is 18.6. The van der Waals surface area contributed by atoms with E-state index in [1.807, 2.05) is 36.1 Å². The number of allylic oxidation sites excluding steroid dienone is 1. The molecule has 1 atom stereocenters. The molecule has 0 unspecified atom stereocenters. The van der Waals surface area contributed by atoms with Gasteiger partial charge < -0.3 is 19.8 Å². The van der Waals surface area contributed by atoms with E-state index in [9.17, 15) is 14.6 Å². The number of aromatic nitrogens is 2. The Balaban J connectivity index is 1.40. The van der Waals surface area contributed by atoms with Crippen LogP contribution >= 0.6 is 0 Å². The fourth-order valence-electron chi connectivity index (χ4n) is 4.77. The first kappa shape index (κ1) is 21.5. The molecule has 1 aromatic heterocycles. The first-order chi connectivity index (χ1) is 16.0. The number of likely N-dealkylation sites (tertiary alicyclic amines) is 1. The third kappa shape index (κ3) is 4.33. The Hall–Kier alpha value is -3.32. The molecular formula is C26H28FN3O3. The van der Waals surface area contributed by atoms with Gasteiger partial charge in [-0.25, -0.2) is 0 Å². The number of nitrogens with zero attached hydrogens (tertiary/aromatic N) is 3. The number of phenols is 2. The molecule has 3 heterocycles. The first-order valence-electron chi connectivity index (χ1n) is 11.3. The van der Waals surface area contributed by atoms with Gasteiger partial charge in [0, 0.05) is 48.4 Å². The maximum Gasteiger partial charge on any atom is 0.153 e. The van der Waals surface area contributed by atoms with Gasteiger partial charge in [0.1, 0.15) is 17.2 Å². The van der Waals surface area contributed by atoms with Gasteiger partial charge in [0.05, 0.1) is 12.9 Å². The number of halogens is 1. The molecule has 1 saturated heterocycles.